The number of hydrogen-bond donors (Lipinski definition) is 0. The highest BCUT2D eigenvalue weighted by Crippen LogP contribution is 2.21. The number of benzene rings is 1. The fourth-order valence-corrected chi connectivity index (χ4v) is 3.63. The lowest BCUT2D eigenvalue weighted by Gasteiger charge is -2.32. The Hall–Kier alpha value is -2.16. The third-order valence-electron chi connectivity index (χ3n) is 4.16. The van der Waals surface area contributed by atoms with E-state index in [1.165, 1.54) is 30.2 Å². The van der Waals surface area contributed by atoms with Crippen molar-refractivity contribution in [3.8, 4) is 0 Å². The van der Waals surface area contributed by atoms with Gasteiger partial charge in [-0.15, -0.1) is 0 Å². The van der Waals surface area contributed by atoms with Crippen molar-refractivity contribution >= 4 is 27.6 Å². The van der Waals surface area contributed by atoms with Crippen molar-refractivity contribution in [2.75, 3.05) is 37.3 Å². The molecule has 1 aliphatic rings. The summed E-state index contributed by atoms with van der Waals surface area (Å²) < 4.78 is 43.0. The van der Waals surface area contributed by atoms with E-state index in [1.807, 2.05) is 0 Å². The van der Waals surface area contributed by atoms with Gasteiger partial charge >= 0.3 is 5.97 Å². The van der Waals surface area contributed by atoms with Crippen LogP contribution >= 0.6 is 0 Å². The highest BCUT2D eigenvalue weighted by molar-refractivity contribution is 7.92. The minimum atomic E-state index is -3.75. The van der Waals surface area contributed by atoms with Gasteiger partial charge in [0.25, 0.3) is 0 Å². The van der Waals surface area contributed by atoms with Gasteiger partial charge in [-0.1, -0.05) is 6.07 Å². The molecular formula is C16H21FN2O5S. The first-order chi connectivity index (χ1) is 11.7. The van der Waals surface area contributed by atoms with Gasteiger partial charge in [0.15, 0.2) is 0 Å². The summed E-state index contributed by atoms with van der Waals surface area (Å²) in [5, 5.41) is 0. The molecule has 1 fully saturated rings. The molecule has 1 saturated heterocycles. The summed E-state index contributed by atoms with van der Waals surface area (Å²) in [6.45, 7) is 0.282. The van der Waals surface area contributed by atoms with E-state index in [2.05, 4.69) is 0 Å². The number of piperidine rings is 1. The number of esters is 1. The van der Waals surface area contributed by atoms with Gasteiger partial charge < -0.3 is 9.64 Å². The largest absolute Gasteiger partial charge is 0.469 e. The Bertz CT molecular complexity index is 745. The Kier molecular flexibility index (Phi) is 5.99. The summed E-state index contributed by atoms with van der Waals surface area (Å²) in [5.41, 5.74) is 0.0975. The predicted molar refractivity (Wildman–Crippen MR) is 89.9 cm³/mol. The summed E-state index contributed by atoms with van der Waals surface area (Å²) in [4.78, 5) is 25.5. The van der Waals surface area contributed by atoms with Crippen LogP contribution in [-0.4, -0.2) is 58.2 Å². The van der Waals surface area contributed by atoms with Crippen molar-refractivity contribution in [3.05, 3.63) is 30.1 Å². The van der Waals surface area contributed by atoms with Crippen LogP contribution < -0.4 is 4.31 Å². The van der Waals surface area contributed by atoms with Gasteiger partial charge in [0.05, 0.1) is 25.0 Å². The number of ether oxygens (including phenoxy) is 1. The van der Waals surface area contributed by atoms with Crippen molar-refractivity contribution in [3.63, 3.8) is 0 Å². The SMILES string of the molecule is COC(=O)C1CCN(C(=O)CN(c2cccc(F)c2)S(C)(=O)=O)CC1. The molecule has 1 heterocycles. The molecule has 0 unspecified atom stereocenters. The Labute approximate surface area is 146 Å². The first-order valence-corrected chi connectivity index (χ1v) is 9.66. The van der Waals surface area contributed by atoms with Crippen molar-refractivity contribution < 1.29 is 27.1 Å². The van der Waals surface area contributed by atoms with E-state index in [-0.39, 0.29) is 17.6 Å². The first kappa shape index (κ1) is 19.2. The van der Waals surface area contributed by atoms with Crippen LogP contribution in [0.25, 0.3) is 0 Å². The second-order valence-electron chi connectivity index (χ2n) is 5.93. The van der Waals surface area contributed by atoms with E-state index < -0.39 is 28.3 Å². The average molecular weight is 372 g/mol. The molecular weight excluding hydrogens is 351 g/mol. The van der Waals surface area contributed by atoms with Crippen LogP contribution in [0.3, 0.4) is 0 Å². The molecule has 25 heavy (non-hydrogen) atoms. The van der Waals surface area contributed by atoms with Gasteiger partial charge in [-0.2, -0.15) is 0 Å². The van der Waals surface area contributed by atoms with Gasteiger partial charge in [-0.3, -0.25) is 13.9 Å². The lowest BCUT2D eigenvalue weighted by Crippen LogP contribution is -2.46. The summed E-state index contributed by atoms with van der Waals surface area (Å²) in [6.07, 6.45) is 1.91. The molecule has 0 radical (unpaired) electrons. The van der Waals surface area contributed by atoms with Crippen molar-refractivity contribution in [1.29, 1.82) is 0 Å². The van der Waals surface area contributed by atoms with Crippen molar-refractivity contribution in [2.45, 2.75) is 12.8 Å². The van der Waals surface area contributed by atoms with E-state index >= 15 is 0 Å². The number of carbonyl (C=O) groups excluding carboxylic acids is 2. The minimum absolute atomic E-state index is 0.0975. The summed E-state index contributed by atoms with van der Waals surface area (Å²) >= 11 is 0. The number of sulfonamides is 1. The maximum atomic E-state index is 13.4. The molecule has 138 valence electrons. The summed E-state index contributed by atoms with van der Waals surface area (Å²) in [6, 6.07) is 5.08. The number of likely N-dealkylation sites (tertiary alicyclic amines) is 1. The quantitative estimate of drug-likeness (QED) is 0.720. The highest BCUT2D eigenvalue weighted by Gasteiger charge is 2.30. The van der Waals surface area contributed by atoms with Crippen LogP contribution in [0.1, 0.15) is 12.8 Å². The topological polar surface area (TPSA) is 84.0 Å². The van der Waals surface area contributed by atoms with Gasteiger partial charge in [0.2, 0.25) is 15.9 Å². The van der Waals surface area contributed by atoms with E-state index in [1.54, 1.807) is 0 Å². The Balaban J connectivity index is 2.07. The van der Waals surface area contributed by atoms with Crippen LogP contribution in [0.2, 0.25) is 0 Å². The number of anilines is 1. The molecule has 1 aromatic rings. The molecule has 1 aliphatic heterocycles. The number of halogens is 1. The van der Waals surface area contributed by atoms with Crippen LogP contribution in [0.15, 0.2) is 24.3 Å². The van der Waals surface area contributed by atoms with E-state index in [4.69, 9.17) is 4.74 Å². The number of amides is 1. The molecule has 9 heteroatoms. The normalized spacial score (nSPS) is 15.7. The fraction of sp³-hybridized carbons (Fsp3) is 0.500. The fourth-order valence-electron chi connectivity index (χ4n) is 2.79. The van der Waals surface area contributed by atoms with Crippen LogP contribution in [0.4, 0.5) is 10.1 Å². The molecule has 0 aliphatic carbocycles. The number of hydrogen-bond acceptors (Lipinski definition) is 5. The van der Waals surface area contributed by atoms with Crippen molar-refractivity contribution in [1.82, 2.24) is 4.90 Å². The molecule has 0 N–H and O–H groups in total. The number of carbonyl (C=O) groups is 2. The van der Waals surface area contributed by atoms with Crippen LogP contribution in [-0.2, 0) is 24.3 Å². The molecule has 0 bridgehead atoms. The number of nitrogens with zero attached hydrogens (tertiary/aromatic N) is 2. The predicted octanol–water partition coefficient (Wildman–Crippen LogP) is 1.00. The second kappa shape index (κ2) is 7.81. The zero-order chi connectivity index (χ0) is 18.6. The zero-order valence-corrected chi connectivity index (χ0v) is 15.0. The standard InChI is InChI=1S/C16H21FN2O5S/c1-24-16(21)12-6-8-18(9-7-12)15(20)11-19(25(2,22)23)14-5-3-4-13(17)10-14/h3-5,10,12H,6-9,11H2,1-2H3. The number of methoxy groups -OCH3 is 1. The molecule has 0 spiro atoms. The maximum Gasteiger partial charge on any atom is 0.308 e. The van der Waals surface area contributed by atoms with Crippen LogP contribution in [0.5, 0.6) is 0 Å². The lowest BCUT2D eigenvalue weighted by molar-refractivity contribution is -0.148. The third-order valence-corrected chi connectivity index (χ3v) is 5.30. The molecule has 7 nitrogen and oxygen atoms in total. The smallest absolute Gasteiger partial charge is 0.308 e. The average Bonchev–Trinajstić information content (AvgIpc) is 2.57. The molecule has 1 amide bonds. The van der Waals surface area contributed by atoms with Gasteiger partial charge in [-0.25, -0.2) is 12.8 Å². The monoisotopic (exact) mass is 372 g/mol. The van der Waals surface area contributed by atoms with E-state index in [0.29, 0.717) is 25.9 Å². The maximum absolute atomic E-state index is 13.4. The summed E-state index contributed by atoms with van der Waals surface area (Å²) in [7, 11) is -2.43. The first-order valence-electron chi connectivity index (χ1n) is 7.81. The van der Waals surface area contributed by atoms with Gasteiger partial charge in [-0.05, 0) is 31.0 Å². The number of rotatable bonds is 5. The van der Waals surface area contributed by atoms with E-state index in [0.717, 1.165) is 16.6 Å². The lowest BCUT2D eigenvalue weighted by atomic mass is 9.97. The Morgan fingerprint density at radius 3 is 2.48 bits per heavy atom. The van der Waals surface area contributed by atoms with E-state index in [9.17, 15) is 22.4 Å². The van der Waals surface area contributed by atoms with Crippen molar-refractivity contribution in [2.24, 2.45) is 5.92 Å². The van der Waals surface area contributed by atoms with Gasteiger partial charge in [0.1, 0.15) is 12.4 Å². The molecule has 0 aromatic heterocycles. The minimum Gasteiger partial charge on any atom is -0.469 e. The third kappa shape index (κ3) is 4.91. The van der Waals surface area contributed by atoms with Crippen LogP contribution in [0, 0.1) is 11.7 Å². The summed E-state index contributed by atoms with van der Waals surface area (Å²) in [5.74, 6) is -1.52. The van der Waals surface area contributed by atoms with Gasteiger partial charge in [0, 0.05) is 13.1 Å². The Morgan fingerprint density at radius 2 is 1.96 bits per heavy atom. The zero-order valence-electron chi connectivity index (χ0n) is 14.1. The Morgan fingerprint density at radius 1 is 1.32 bits per heavy atom. The highest BCUT2D eigenvalue weighted by atomic mass is 32.2. The molecule has 0 saturated carbocycles. The second-order valence-corrected chi connectivity index (χ2v) is 7.83. The molecule has 2 rings (SSSR count). The molecule has 1 aromatic carbocycles. The molecule has 0 atom stereocenters.